The zero-order valence-electron chi connectivity index (χ0n) is 9.57. The molecule has 0 aliphatic heterocycles. The first-order chi connectivity index (χ1) is 8.52. The Bertz CT molecular complexity index is 488. The van der Waals surface area contributed by atoms with Crippen LogP contribution in [0.5, 0.6) is 0 Å². The molecule has 1 aromatic rings. The molecule has 0 fully saturated rings. The number of ether oxygens (including phenoxy) is 1. The minimum absolute atomic E-state index is 0.0723. The SMILES string of the molecule is C/C=C/C(=O)OCC(=O)Nc1ccc(F)cc1Cl. The fraction of sp³-hybridized carbons (Fsp3) is 0.167. The van der Waals surface area contributed by atoms with Gasteiger partial charge in [0.2, 0.25) is 0 Å². The molecule has 0 unspecified atom stereocenters. The van der Waals surface area contributed by atoms with Gasteiger partial charge in [-0.15, -0.1) is 0 Å². The van der Waals surface area contributed by atoms with Gasteiger partial charge < -0.3 is 10.1 Å². The first kappa shape index (κ1) is 14.2. The lowest BCUT2D eigenvalue weighted by Crippen LogP contribution is -2.20. The molecule has 1 rings (SSSR count). The number of nitrogens with one attached hydrogen (secondary N) is 1. The highest BCUT2D eigenvalue weighted by molar-refractivity contribution is 6.33. The molecule has 0 atom stereocenters. The summed E-state index contributed by atoms with van der Waals surface area (Å²) in [5, 5.41) is 2.47. The van der Waals surface area contributed by atoms with Crippen LogP contribution >= 0.6 is 11.6 Å². The second kappa shape index (κ2) is 6.76. The van der Waals surface area contributed by atoms with Crippen LogP contribution in [0.3, 0.4) is 0 Å². The Hall–Kier alpha value is -1.88. The summed E-state index contributed by atoms with van der Waals surface area (Å²) in [4.78, 5) is 22.3. The van der Waals surface area contributed by atoms with E-state index in [2.05, 4.69) is 10.1 Å². The van der Waals surface area contributed by atoms with E-state index in [9.17, 15) is 14.0 Å². The summed E-state index contributed by atoms with van der Waals surface area (Å²) < 4.78 is 17.4. The molecule has 0 radical (unpaired) electrons. The van der Waals surface area contributed by atoms with Gasteiger partial charge in [-0.3, -0.25) is 4.79 Å². The summed E-state index contributed by atoms with van der Waals surface area (Å²) >= 11 is 5.71. The maximum Gasteiger partial charge on any atom is 0.330 e. The maximum absolute atomic E-state index is 12.7. The van der Waals surface area contributed by atoms with E-state index in [1.165, 1.54) is 18.2 Å². The van der Waals surface area contributed by atoms with Crippen molar-refractivity contribution in [1.29, 1.82) is 0 Å². The Morgan fingerprint density at radius 3 is 2.83 bits per heavy atom. The van der Waals surface area contributed by atoms with Crippen molar-refractivity contribution >= 4 is 29.2 Å². The van der Waals surface area contributed by atoms with E-state index in [-0.39, 0.29) is 10.7 Å². The highest BCUT2D eigenvalue weighted by atomic mass is 35.5. The summed E-state index contributed by atoms with van der Waals surface area (Å²) in [6, 6.07) is 3.56. The third kappa shape index (κ3) is 4.55. The normalized spacial score (nSPS) is 10.4. The second-order valence-corrected chi connectivity index (χ2v) is 3.69. The van der Waals surface area contributed by atoms with Gasteiger partial charge in [-0.2, -0.15) is 0 Å². The van der Waals surface area contributed by atoms with Gasteiger partial charge in [-0.25, -0.2) is 9.18 Å². The highest BCUT2D eigenvalue weighted by Gasteiger charge is 2.08. The highest BCUT2D eigenvalue weighted by Crippen LogP contribution is 2.22. The molecule has 4 nitrogen and oxygen atoms in total. The molecule has 0 heterocycles. The molecule has 0 aromatic heterocycles. The molecule has 6 heteroatoms. The van der Waals surface area contributed by atoms with Crippen molar-refractivity contribution in [3.63, 3.8) is 0 Å². The molecular formula is C12H11ClFNO3. The van der Waals surface area contributed by atoms with E-state index in [0.717, 1.165) is 12.1 Å². The number of carbonyl (C=O) groups excluding carboxylic acids is 2. The lowest BCUT2D eigenvalue weighted by molar-refractivity contribution is -0.142. The van der Waals surface area contributed by atoms with Crippen molar-refractivity contribution < 1.29 is 18.7 Å². The van der Waals surface area contributed by atoms with E-state index in [0.29, 0.717) is 0 Å². The topological polar surface area (TPSA) is 55.4 Å². The van der Waals surface area contributed by atoms with Gasteiger partial charge in [0.25, 0.3) is 5.91 Å². The van der Waals surface area contributed by atoms with Crippen molar-refractivity contribution in [2.75, 3.05) is 11.9 Å². The van der Waals surface area contributed by atoms with Crippen molar-refractivity contribution in [3.8, 4) is 0 Å². The van der Waals surface area contributed by atoms with E-state index in [1.54, 1.807) is 6.92 Å². The molecule has 0 aliphatic carbocycles. The van der Waals surface area contributed by atoms with Gasteiger partial charge in [0.15, 0.2) is 6.61 Å². The monoisotopic (exact) mass is 271 g/mol. The van der Waals surface area contributed by atoms with Crippen LogP contribution in [0.4, 0.5) is 10.1 Å². The molecule has 0 saturated carbocycles. The zero-order valence-corrected chi connectivity index (χ0v) is 10.3. The van der Waals surface area contributed by atoms with Gasteiger partial charge in [0.1, 0.15) is 5.82 Å². The number of benzene rings is 1. The zero-order chi connectivity index (χ0) is 13.5. The summed E-state index contributed by atoms with van der Waals surface area (Å²) in [5.74, 6) is -1.67. The maximum atomic E-state index is 12.7. The van der Waals surface area contributed by atoms with E-state index in [4.69, 9.17) is 11.6 Å². The second-order valence-electron chi connectivity index (χ2n) is 3.28. The summed E-state index contributed by atoms with van der Waals surface area (Å²) in [7, 11) is 0. The van der Waals surface area contributed by atoms with Gasteiger partial charge in [0, 0.05) is 6.08 Å². The van der Waals surface area contributed by atoms with Crippen LogP contribution < -0.4 is 5.32 Å². The van der Waals surface area contributed by atoms with Crippen molar-refractivity contribution in [3.05, 3.63) is 41.2 Å². The minimum atomic E-state index is -0.613. The number of anilines is 1. The van der Waals surface area contributed by atoms with Gasteiger partial charge in [-0.1, -0.05) is 17.7 Å². The summed E-state index contributed by atoms with van der Waals surface area (Å²) in [5.41, 5.74) is 0.255. The summed E-state index contributed by atoms with van der Waals surface area (Å²) in [6.45, 7) is 1.22. The first-order valence-corrected chi connectivity index (χ1v) is 5.45. The average Bonchev–Trinajstić information content (AvgIpc) is 2.31. The number of amides is 1. The Labute approximate surface area is 108 Å². The van der Waals surface area contributed by atoms with Crippen LogP contribution in [0.2, 0.25) is 5.02 Å². The lowest BCUT2D eigenvalue weighted by atomic mass is 10.3. The fourth-order valence-electron chi connectivity index (χ4n) is 1.10. The number of esters is 1. The number of rotatable bonds is 4. The molecule has 0 spiro atoms. The molecule has 18 heavy (non-hydrogen) atoms. The third-order valence-corrected chi connectivity index (χ3v) is 2.17. The van der Waals surface area contributed by atoms with E-state index < -0.39 is 24.3 Å². The number of hydrogen-bond acceptors (Lipinski definition) is 3. The molecule has 0 aliphatic rings. The first-order valence-electron chi connectivity index (χ1n) is 5.07. The minimum Gasteiger partial charge on any atom is -0.452 e. The smallest absolute Gasteiger partial charge is 0.330 e. The van der Waals surface area contributed by atoms with Crippen LogP contribution in [0.1, 0.15) is 6.92 Å². The number of halogens is 2. The molecule has 1 amide bonds. The van der Waals surface area contributed by atoms with Crippen LogP contribution in [0.25, 0.3) is 0 Å². The molecular weight excluding hydrogens is 261 g/mol. The molecule has 0 bridgehead atoms. The average molecular weight is 272 g/mol. The Kier molecular flexibility index (Phi) is 5.32. The van der Waals surface area contributed by atoms with Crippen molar-refractivity contribution in [2.24, 2.45) is 0 Å². The van der Waals surface area contributed by atoms with Crippen LogP contribution in [-0.2, 0) is 14.3 Å². The molecule has 0 saturated heterocycles. The van der Waals surface area contributed by atoms with Crippen LogP contribution in [-0.4, -0.2) is 18.5 Å². The van der Waals surface area contributed by atoms with E-state index >= 15 is 0 Å². The lowest BCUT2D eigenvalue weighted by Gasteiger charge is -2.07. The number of carbonyl (C=O) groups is 2. The molecule has 96 valence electrons. The quantitative estimate of drug-likeness (QED) is 0.676. The fourth-order valence-corrected chi connectivity index (χ4v) is 1.31. The Morgan fingerprint density at radius 2 is 2.22 bits per heavy atom. The number of hydrogen-bond donors (Lipinski definition) is 1. The number of allylic oxidation sites excluding steroid dienone is 1. The summed E-state index contributed by atoms with van der Waals surface area (Å²) in [6.07, 6.45) is 2.69. The van der Waals surface area contributed by atoms with Crippen LogP contribution in [0.15, 0.2) is 30.4 Å². The molecule has 1 aromatic carbocycles. The van der Waals surface area contributed by atoms with Gasteiger partial charge in [0.05, 0.1) is 10.7 Å². The largest absolute Gasteiger partial charge is 0.452 e. The molecule has 1 N–H and O–H groups in total. The Morgan fingerprint density at radius 1 is 1.50 bits per heavy atom. The third-order valence-electron chi connectivity index (χ3n) is 1.85. The van der Waals surface area contributed by atoms with Gasteiger partial charge >= 0.3 is 5.97 Å². The van der Waals surface area contributed by atoms with E-state index in [1.807, 2.05) is 0 Å². The van der Waals surface area contributed by atoms with Crippen molar-refractivity contribution in [1.82, 2.24) is 0 Å². The Balaban J connectivity index is 2.52. The van der Waals surface area contributed by atoms with Crippen LogP contribution in [0, 0.1) is 5.82 Å². The predicted octanol–water partition coefficient (Wildman–Crippen LogP) is 2.54. The predicted molar refractivity (Wildman–Crippen MR) is 65.8 cm³/mol. The van der Waals surface area contributed by atoms with Crippen molar-refractivity contribution in [2.45, 2.75) is 6.92 Å². The standard InChI is InChI=1S/C12H11ClFNO3/c1-2-3-12(17)18-7-11(16)15-10-5-4-8(14)6-9(10)13/h2-6H,7H2,1H3,(H,15,16)/b3-2+. The van der Waals surface area contributed by atoms with Gasteiger partial charge in [-0.05, 0) is 25.1 Å².